The molecule has 51 heavy (non-hydrogen) atoms. The maximum Gasteiger partial charge on any atom is 0.112 e. The summed E-state index contributed by atoms with van der Waals surface area (Å²) in [6.45, 7) is 10.6. The summed E-state index contributed by atoms with van der Waals surface area (Å²) in [6, 6.07) is 36.5. The molecular formula is C48H39N3. The molecule has 2 aliphatic carbocycles. The molecule has 0 saturated carbocycles. The molecule has 3 nitrogen and oxygen atoms in total. The number of anilines is 2. The summed E-state index contributed by atoms with van der Waals surface area (Å²) in [6.07, 6.45) is 17.2. The van der Waals surface area contributed by atoms with Gasteiger partial charge in [-0.15, -0.1) is 5.73 Å². The highest BCUT2D eigenvalue weighted by Gasteiger charge is 2.47. The van der Waals surface area contributed by atoms with Crippen molar-refractivity contribution in [3.8, 4) is 11.8 Å². The first kappa shape index (κ1) is 32.0. The first-order chi connectivity index (χ1) is 24.9. The largest absolute Gasteiger partial charge is 0.330 e. The van der Waals surface area contributed by atoms with Gasteiger partial charge < -0.3 is 4.90 Å². The van der Waals surface area contributed by atoms with E-state index in [4.69, 9.17) is 9.98 Å². The number of allylic oxidation sites excluding steroid dienone is 6. The predicted octanol–water partition coefficient (Wildman–Crippen LogP) is 10.9. The Bertz CT molecular complexity index is 2340. The van der Waals surface area contributed by atoms with Gasteiger partial charge in [-0.3, -0.25) is 4.99 Å². The fourth-order valence-corrected chi connectivity index (χ4v) is 7.82. The minimum absolute atomic E-state index is 0.110. The quantitative estimate of drug-likeness (QED) is 0.110. The van der Waals surface area contributed by atoms with Gasteiger partial charge in [-0.2, -0.15) is 0 Å². The molecule has 0 bridgehead atoms. The molecule has 4 aromatic rings. The molecule has 0 amide bonds. The lowest BCUT2D eigenvalue weighted by Crippen LogP contribution is -2.42. The molecule has 0 saturated heterocycles. The van der Waals surface area contributed by atoms with Gasteiger partial charge in [0.2, 0.25) is 0 Å². The molecule has 0 spiro atoms. The maximum absolute atomic E-state index is 5.17. The Morgan fingerprint density at radius 3 is 2.39 bits per heavy atom. The predicted molar refractivity (Wildman–Crippen MR) is 215 cm³/mol. The first-order valence-corrected chi connectivity index (χ1v) is 17.6. The highest BCUT2D eigenvalue weighted by Crippen LogP contribution is 2.53. The van der Waals surface area contributed by atoms with Crippen molar-refractivity contribution in [3.05, 3.63) is 191 Å². The number of nitrogens with zero attached hydrogens (tertiary/aromatic N) is 3. The van der Waals surface area contributed by atoms with Gasteiger partial charge in [0.05, 0.1) is 23.2 Å². The Balaban J connectivity index is 1.10. The number of hydrogen-bond donors (Lipinski definition) is 0. The monoisotopic (exact) mass is 657 g/mol. The summed E-state index contributed by atoms with van der Waals surface area (Å²) in [5, 5.41) is 0. The summed E-state index contributed by atoms with van der Waals surface area (Å²) >= 11 is 0. The summed E-state index contributed by atoms with van der Waals surface area (Å²) in [7, 11) is 0. The van der Waals surface area contributed by atoms with Crippen LogP contribution in [0.3, 0.4) is 0 Å². The van der Waals surface area contributed by atoms with E-state index >= 15 is 0 Å². The molecule has 0 fully saturated rings. The second-order valence-corrected chi connectivity index (χ2v) is 13.7. The summed E-state index contributed by atoms with van der Waals surface area (Å²) in [4.78, 5) is 12.4. The summed E-state index contributed by atoms with van der Waals surface area (Å²) in [5.41, 5.74) is 15.8. The van der Waals surface area contributed by atoms with Gasteiger partial charge in [0.1, 0.15) is 5.70 Å². The second-order valence-electron chi connectivity index (χ2n) is 13.7. The molecule has 2 heterocycles. The third-order valence-electron chi connectivity index (χ3n) is 10.3. The molecular weight excluding hydrogens is 619 g/mol. The third kappa shape index (κ3) is 5.91. The van der Waals surface area contributed by atoms with Gasteiger partial charge >= 0.3 is 0 Å². The van der Waals surface area contributed by atoms with E-state index < -0.39 is 0 Å². The van der Waals surface area contributed by atoms with E-state index in [1.807, 2.05) is 30.5 Å². The number of para-hydroxylation sites is 1. The number of fused-ring (bicyclic) bond motifs is 4. The minimum atomic E-state index is -0.252. The molecule has 3 heteroatoms. The summed E-state index contributed by atoms with van der Waals surface area (Å²) in [5.74, 6) is 7.32. The van der Waals surface area contributed by atoms with Crippen LogP contribution in [0, 0.1) is 17.8 Å². The molecule has 0 N–H and O–H groups in total. The van der Waals surface area contributed by atoms with Crippen LogP contribution >= 0.6 is 0 Å². The lowest BCUT2D eigenvalue weighted by Gasteiger charge is -2.38. The van der Waals surface area contributed by atoms with Crippen LogP contribution in [0.15, 0.2) is 174 Å². The van der Waals surface area contributed by atoms with Crippen molar-refractivity contribution in [2.75, 3.05) is 4.90 Å². The average Bonchev–Trinajstić information content (AvgIpc) is 3.43. The number of aliphatic imine (C=N–C) groups is 2. The topological polar surface area (TPSA) is 28.0 Å². The van der Waals surface area contributed by atoms with Gasteiger partial charge in [0, 0.05) is 34.6 Å². The van der Waals surface area contributed by atoms with Crippen LogP contribution in [0.4, 0.5) is 11.4 Å². The molecule has 3 unspecified atom stereocenters. The maximum atomic E-state index is 5.17. The Hall–Kier alpha value is -6.20. The number of benzene rings is 4. The highest BCUT2D eigenvalue weighted by molar-refractivity contribution is 6.14. The molecule has 8 rings (SSSR count). The molecule has 4 aliphatic rings. The fraction of sp³-hybridized carbons (Fsp3) is 0.146. The standard InChI is InChI=1S/C48H39N3/c1-5-44(38-23-21-36(22-24-38)41-18-11-15-39-16-12-30-49-47(39)41)50-45(37-13-7-6-8-14-37)31-34(3)35-25-27-40(28-26-35)51-46-19-10-9-17-42(46)43-29-20-33(2)32-48(43,51)4/h6-19,21-28,30-32,39,43,47H,1H2,2-4H3/b34-31+,50-45+/t39?,43?,47-,48?/m0/s1. The normalized spacial score (nSPS) is 22.9. The van der Waals surface area contributed by atoms with Crippen LogP contribution in [0.1, 0.15) is 54.5 Å². The van der Waals surface area contributed by atoms with Crippen LogP contribution < -0.4 is 4.90 Å². The average molecular weight is 658 g/mol. The lowest BCUT2D eigenvalue weighted by molar-refractivity contribution is 0.552. The first-order valence-electron chi connectivity index (χ1n) is 17.6. The number of hydrogen-bond acceptors (Lipinski definition) is 3. The SMILES string of the molecule is C=C=C(/N=C(\C=C(/C)c1ccc(N2c3ccccc3C3C#CC(C)=CC32C)cc1)c1ccccc1)c1ccc(C2=CC=CC3C=CC=N[C@H]23)cc1. The van der Waals surface area contributed by atoms with Crippen molar-refractivity contribution in [1.29, 1.82) is 0 Å². The number of rotatable bonds is 7. The molecule has 0 radical (unpaired) electrons. The van der Waals surface area contributed by atoms with Gasteiger partial charge in [0.15, 0.2) is 0 Å². The molecule has 246 valence electrons. The van der Waals surface area contributed by atoms with Gasteiger partial charge in [0.25, 0.3) is 0 Å². The van der Waals surface area contributed by atoms with E-state index in [9.17, 15) is 0 Å². The van der Waals surface area contributed by atoms with E-state index in [-0.39, 0.29) is 17.5 Å². The van der Waals surface area contributed by atoms with Crippen LogP contribution in [-0.2, 0) is 0 Å². The molecule has 4 atom stereocenters. The van der Waals surface area contributed by atoms with Gasteiger partial charge in [-0.05, 0) is 90.6 Å². The second kappa shape index (κ2) is 13.3. The Labute approximate surface area is 301 Å². The van der Waals surface area contributed by atoms with Crippen molar-refractivity contribution in [2.45, 2.75) is 38.3 Å². The van der Waals surface area contributed by atoms with Crippen molar-refractivity contribution in [2.24, 2.45) is 15.9 Å². The van der Waals surface area contributed by atoms with Gasteiger partial charge in [-0.25, -0.2) is 4.99 Å². The van der Waals surface area contributed by atoms with E-state index in [1.54, 1.807) is 0 Å². The third-order valence-corrected chi connectivity index (χ3v) is 10.3. The van der Waals surface area contributed by atoms with E-state index in [2.05, 4.69) is 171 Å². The number of dihydropyridines is 1. The van der Waals surface area contributed by atoms with E-state index in [0.717, 1.165) is 44.8 Å². The van der Waals surface area contributed by atoms with Crippen molar-refractivity contribution in [3.63, 3.8) is 0 Å². The zero-order valence-electron chi connectivity index (χ0n) is 29.2. The molecule has 2 aliphatic heterocycles. The van der Waals surface area contributed by atoms with Crippen LogP contribution in [0.2, 0.25) is 0 Å². The van der Waals surface area contributed by atoms with Crippen molar-refractivity contribution in [1.82, 2.24) is 0 Å². The van der Waals surface area contributed by atoms with Gasteiger partial charge in [-0.1, -0.05) is 128 Å². The molecule has 4 aromatic carbocycles. The Kier molecular flexibility index (Phi) is 8.33. The van der Waals surface area contributed by atoms with Crippen LogP contribution in [-0.4, -0.2) is 23.5 Å². The van der Waals surface area contributed by atoms with Crippen molar-refractivity contribution < 1.29 is 0 Å². The van der Waals surface area contributed by atoms with Crippen molar-refractivity contribution >= 4 is 40.1 Å². The smallest absolute Gasteiger partial charge is 0.112 e. The zero-order chi connectivity index (χ0) is 35.0. The lowest BCUT2D eigenvalue weighted by atomic mass is 9.80. The molecule has 0 aromatic heterocycles. The Morgan fingerprint density at radius 2 is 1.61 bits per heavy atom. The zero-order valence-corrected chi connectivity index (χ0v) is 29.2. The van der Waals surface area contributed by atoms with Crippen LogP contribution in [0.5, 0.6) is 0 Å². The Morgan fingerprint density at radius 1 is 0.882 bits per heavy atom. The van der Waals surface area contributed by atoms with E-state index in [1.165, 1.54) is 16.8 Å². The fourth-order valence-electron chi connectivity index (χ4n) is 7.82. The van der Waals surface area contributed by atoms with E-state index in [0.29, 0.717) is 11.6 Å². The summed E-state index contributed by atoms with van der Waals surface area (Å²) < 4.78 is 0. The highest BCUT2D eigenvalue weighted by atomic mass is 15.2. The minimum Gasteiger partial charge on any atom is -0.330 e. The van der Waals surface area contributed by atoms with Crippen LogP contribution in [0.25, 0.3) is 16.8 Å².